The molecule has 0 heterocycles. The molecule has 0 aliphatic carbocycles. The maximum absolute atomic E-state index is 5.81. The largest absolute Gasteiger partial charge is 0.457 e. The van der Waals surface area contributed by atoms with Gasteiger partial charge in [0.25, 0.3) is 0 Å². The van der Waals surface area contributed by atoms with Crippen LogP contribution in [-0.4, -0.2) is 0 Å². The zero-order valence-electron chi connectivity index (χ0n) is 13.0. The van der Waals surface area contributed by atoms with Gasteiger partial charge < -0.3 is 4.74 Å². The van der Waals surface area contributed by atoms with Crippen molar-refractivity contribution < 1.29 is 4.74 Å². The van der Waals surface area contributed by atoms with Crippen LogP contribution in [0.5, 0.6) is 11.5 Å². The first-order valence-corrected chi connectivity index (χ1v) is 11.5. The summed E-state index contributed by atoms with van der Waals surface area (Å²) in [5.41, 5.74) is 1.20. The molecule has 0 fully saturated rings. The number of rotatable bonds is 6. The molecule has 0 amide bonds. The summed E-state index contributed by atoms with van der Waals surface area (Å²) in [5, 5.41) is 2.34. The molecule has 3 aromatic rings. The van der Waals surface area contributed by atoms with Crippen LogP contribution < -0.4 is 15.1 Å². The molecular formula is C19H18NOPS2. The second kappa shape index (κ2) is 8.00. The maximum Gasteiger partial charge on any atom is 0.127 e. The summed E-state index contributed by atoms with van der Waals surface area (Å²) in [4.78, 5) is 0. The van der Waals surface area contributed by atoms with Crippen molar-refractivity contribution in [3.8, 4) is 11.5 Å². The van der Waals surface area contributed by atoms with Gasteiger partial charge in [0.05, 0.1) is 5.39 Å². The van der Waals surface area contributed by atoms with Gasteiger partial charge in [0.15, 0.2) is 0 Å². The van der Waals surface area contributed by atoms with Gasteiger partial charge in [-0.1, -0.05) is 60.3 Å². The molecule has 3 aromatic carbocycles. The first-order valence-electron chi connectivity index (χ1n) is 7.59. The van der Waals surface area contributed by atoms with E-state index >= 15 is 0 Å². The Morgan fingerprint density at radius 2 is 1.33 bits per heavy atom. The van der Waals surface area contributed by atoms with Crippen molar-refractivity contribution in [3.63, 3.8) is 0 Å². The first kappa shape index (κ1) is 17.2. The van der Waals surface area contributed by atoms with Crippen molar-refractivity contribution in [1.29, 1.82) is 0 Å². The number of thiol groups is 1. The zero-order chi connectivity index (χ0) is 16.8. The maximum atomic E-state index is 5.81. The minimum atomic E-state index is -2.09. The van der Waals surface area contributed by atoms with E-state index in [1.165, 1.54) is 5.56 Å². The molecular weight excluding hydrogens is 353 g/mol. The van der Waals surface area contributed by atoms with E-state index < -0.39 is 5.39 Å². The second-order valence-electron chi connectivity index (χ2n) is 5.31. The molecule has 0 saturated heterocycles. The fourth-order valence-corrected chi connectivity index (χ4v) is 4.53. The third kappa shape index (κ3) is 4.71. The summed E-state index contributed by atoms with van der Waals surface area (Å²) in [7, 11) is 0. The lowest BCUT2D eigenvalue weighted by Crippen LogP contribution is -2.15. The van der Waals surface area contributed by atoms with E-state index in [-0.39, 0.29) is 0 Å². The molecule has 1 N–H and O–H groups in total. The molecule has 0 aliphatic heterocycles. The molecule has 0 spiro atoms. The summed E-state index contributed by atoms with van der Waals surface area (Å²) in [5.74, 6) is 1.61. The number of benzene rings is 3. The summed E-state index contributed by atoms with van der Waals surface area (Å²) >= 11 is 10.4. The zero-order valence-corrected chi connectivity index (χ0v) is 15.6. The first-order chi connectivity index (χ1) is 11.6. The van der Waals surface area contributed by atoms with E-state index in [1.54, 1.807) is 0 Å². The molecule has 1 atom stereocenters. The highest BCUT2D eigenvalue weighted by Crippen LogP contribution is 2.45. The van der Waals surface area contributed by atoms with Crippen LogP contribution in [0.25, 0.3) is 0 Å². The molecule has 0 bridgehead atoms. The minimum absolute atomic E-state index is 0.712. The van der Waals surface area contributed by atoms with Gasteiger partial charge in [-0.3, -0.25) is 5.09 Å². The Kier molecular flexibility index (Phi) is 5.75. The number of para-hydroxylation sites is 1. The van der Waals surface area contributed by atoms with Gasteiger partial charge in [-0.2, -0.15) is 0 Å². The van der Waals surface area contributed by atoms with Gasteiger partial charge in [0.2, 0.25) is 0 Å². The SMILES string of the molecule is S=P(S)(NCc1ccccc1)c1ccc(Oc2ccccc2)cc1. The van der Waals surface area contributed by atoms with Crippen molar-refractivity contribution in [2.75, 3.05) is 0 Å². The molecule has 0 aliphatic rings. The van der Waals surface area contributed by atoms with Gasteiger partial charge in [-0.05, 0) is 42.0 Å². The van der Waals surface area contributed by atoms with Crippen LogP contribution in [0.1, 0.15) is 5.56 Å². The Hall–Kier alpha value is -1.58. The predicted octanol–water partition coefficient (Wildman–Crippen LogP) is 5.13. The Labute approximate surface area is 153 Å². The van der Waals surface area contributed by atoms with Crippen molar-refractivity contribution in [2.24, 2.45) is 0 Å². The van der Waals surface area contributed by atoms with Crippen LogP contribution in [-0.2, 0) is 18.4 Å². The topological polar surface area (TPSA) is 21.3 Å². The van der Waals surface area contributed by atoms with Crippen molar-refractivity contribution in [1.82, 2.24) is 5.09 Å². The van der Waals surface area contributed by atoms with E-state index in [2.05, 4.69) is 17.2 Å². The monoisotopic (exact) mass is 371 g/mol. The van der Waals surface area contributed by atoms with Gasteiger partial charge >= 0.3 is 0 Å². The predicted molar refractivity (Wildman–Crippen MR) is 109 cm³/mol. The molecule has 3 rings (SSSR count). The fraction of sp³-hybridized carbons (Fsp3) is 0.0526. The van der Waals surface area contributed by atoms with E-state index in [9.17, 15) is 0 Å². The number of hydrogen-bond donors (Lipinski definition) is 2. The van der Waals surface area contributed by atoms with E-state index in [0.717, 1.165) is 16.8 Å². The highest BCUT2D eigenvalue weighted by atomic mass is 32.9. The molecule has 2 nitrogen and oxygen atoms in total. The number of hydrogen-bond acceptors (Lipinski definition) is 2. The Morgan fingerprint density at radius 3 is 1.96 bits per heavy atom. The van der Waals surface area contributed by atoms with Crippen LogP contribution in [0.2, 0.25) is 0 Å². The van der Waals surface area contributed by atoms with Crippen LogP contribution in [0, 0.1) is 0 Å². The molecule has 0 radical (unpaired) electrons. The highest BCUT2D eigenvalue weighted by molar-refractivity contribution is 8.65. The molecule has 0 saturated carbocycles. The summed E-state index contributed by atoms with van der Waals surface area (Å²) < 4.78 is 5.81. The van der Waals surface area contributed by atoms with E-state index in [0.29, 0.717) is 6.54 Å². The van der Waals surface area contributed by atoms with Crippen molar-refractivity contribution >= 4 is 34.8 Å². The lowest BCUT2D eigenvalue weighted by atomic mass is 10.2. The summed E-state index contributed by atoms with van der Waals surface area (Å²) in [6, 6.07) is 27.8. The van der Waals surface area contributed by atoms with Gasteiger partial charge in [-0.25, -0.2) is 0 Å². The van der Waals surface area contributed by atoms with Crippen molar-refractivity contribution in [2.45, 2.75) is 6.54 Å². The normalized spacial score (nSPS) is 13.2. The Morgan fingerprint density at radius 1 is 0.792 bits per heavy atom. The summed E-state index contributed by atoms with van der Waals surface area (Å²) in [6.07, 6.45) is 0. The molecule has 24 heavy (non-hydrogen) atoms. The van der Waals surface area contributed by atoms with Gasteiger partial charge in [0.1, 0.15) is 11.5 Å². The van der Waals surface area contributed by atoms with Crippen LogP contribution >= 0.6 is 17.6 Å². The fourth-order valence-electron chi connectivity index (χ4n) is 2.23. The van der Waals surface area contributed by atoms with Crippen molar-refractivity contribution in [3.05, 3.63) is 90.5 Å². The van der Waals surface area contributed by atoms with E-state index in [1.807, 2.05) is 72.8 Å². The second-order valence-corrected chi connectivity index (χ2v) is 11.5. The molecule has 5 heteroatoms. The smallest absolute Gasteiger partial charge is 0.127 e. The third-order valence-corrected chi connectivity index (χ3v) is 7.23. The number of nitrogens with one attached hydrogen (secondary N) is 1. The number of ether oxygens (including phenoxy) is 1. The standard InChI is InChI=1S/C19H18NOPS2/c23-22(24,20-15-16-7-3-1-4-8-16)19-13-11-18(12-14-19)21-17-9-5-2-6-10-17/h1-14H,15H2,(H2,20,23,24). The lowest BCUT2D eigenvalue weighted by molar-refractivity contribution is 0.483. The van der Waals surface area contributed by atoms with Gasteiger partial charge in [-0.15, -0.1) is 12.2 Å². The molecule has 1 unspecified atom stereocenters. The minimum Gasteiger partial charge on any atom is -0.457 e. The third-order valence-electron chi connectivity index (χ3n) is 3.51. The van der Waals surface area contributed by atoms with Crippen LogP contribution in [0.3, 0.4) is 0 Å². The van der Waals surface area contributed by atoms with Gasteiger partial charge in [0, 0.05) is 11.8 Å². The lowest BCUT2D eigenvalue weighted by Gasteiger charge is -2.18. The van der Waals surface area contributed by atoms with E-state index in [4.69, 9.17) is 28.8 Å². The average molecular weight is 371 g/mol. The summed E-state index contributed by atoms with van der Waals surface area (Å²) in [6.45, 7) is 0.712. The quantitative estimate of drug-likeness (QED) is 0.463. The van der Waals surface area contributed by atoms with Crippen LogP contribution in [0.4, 0.5) is 0 Å². The van der Waals surface area contributed by atoms with Crippen LogP contribution in [0.15, 0.2) is 84.9 Å². The molecule has 122 valence electrons. The Bertz CT molecular complexity index is 823. The molecule has 0 aromatic heterocycles. The Balaban J connectivity index is 1.66. The average Bonchev–Trinajstić information content (AvgIpc) is 2.62. The highest BCUT2D eigenvalue weighted by Gasteiger charge is 2.14.